The SMILES string of the molecule is CC(C)CCn1c(SCc2ccccc2C#N)nc2ccccc2c1=O. The van der Waals surface area contributed by atoms with Gasteiger partial charge in [0.1, 0.15) is 0 Å². The molecule has 0 amide bonds. The van der Waals surface area contributed by atoms with Crippen molar-refractivity contribution in [2.75, 3.05) is 0 Å². The molecular formula is C21H21N3OS. The topological polar surface area (TPSA) is 58.7 Å². The van der Waals surface area contributed by atoms with E-state index in [0.29, 0.717) is 34.3 Å². The van der Waals surface area contributed by atoms with Crippen LogP contribution in [0.25, 0.3) is 10.9 Å². The molecule has 0 aliphatic rings. The van der Waals surface area contributed by atoms with Gasteiger partial charge in [-0.1, -0.05) is 55.9 Å². The summed E-state index contributed by atoms with van der Waals surface area (Å²) < 4.78 is 1.78. The number of hydrogen-bond acceptors (Lipinski definition) is 4. The van der Waals surface area contributed by atoms with Crippen LogP contribution in [0.4, 0.5) is 0 Å². The molecule has 2 aromatic carbocycles. The highest BCUT2D eigenvalue weighted by molar-refractivity contribution is 7.98. The first-order valence-corrected chi connectivity index (χ1v) is 9.69. The van der Waals surface area contributed by atoms with E-state index in [1.807, 2.05) is 48.5 Å². The molecule has 0 fully saturated rings. The van der Waals surface area contributed by atoms with E-state index >= 15 is 0 Å². The standard InChI is InChI=1S/C21H21N3OS/c1-15(2)11-12-24-20(25)18-9-5-6-10-19(18)23-21(24)26-14-17-8-4-3-7-16(17)13-22/h3-10,15H,11-12,14H2,1-2H3. The van der Waals surface area contributed by atoms with Crippen molar-refractivity contribution in [2.24, 2.45) is 5.92 Å². The minimum Gasteiger partial charge on any atom is -0.287 e. The molecule has 0 saturated heterocycles. The monoisotopic (exact) mass is 363 g/mol. The van der Waals surface area contributed by atoms with Gasteiger partial charge in [0.05, 0.1) is 22.5 Å². The van der Waals surface area contributed by atoms with Crippen LogP contribution in [0, 0.1) is 17.2 Å². The van der Waals surface area contributed by atoms with Crippen LogP contribution in [-0.2, 0) is 12.3 Å². The number of nitrogens with zero attached hydrogens (tertiary/aromatic N) is 3. The van der Waals surface area contributed by atoms with Crippen molar-refractivity contribution < 1.29 is 0 Å². The molecule has 5 heteroatoms. The van der Waals surface area contributed by atoms with Crippen LogP contribution in [0.2, 0.25) is 0 Å². The van der Waals surface area contributed by atoms with Gasteiger partial charge in [0, 0.05) is 12.3 Å². The zero-order chi connectivity index (χ0) is 18.5. The third-order valence-corrected chi connectivity index (χ3v) is 5.28. The molecule has 0 bridgehead atoms. The summed E-state index contributed by atoms with van der Waals surface area (Å²) in [5.74, 6) is 1.11. The van der Waals surface area contributed by atoms with Crippen LogP contribution >= 0.6 is 11.8 Å². The maximum atomic E-state index is 13.0. The number of aromatic nitrogens is 2. The van der Waals surface area contributed by atoms with E-state index in [4.69, 9.17) is 4.98 Å². The molecule has 0 aliphatic heterocycles. The first kappa shape index (κ1) is 18.2. The Morgan fingerprint density at radius 3 is 2.65 bits per heavy atom. The fourth-order valence-electron chi connectivity index (χ4n) is 2.74. The molecule has 0 atom stereocenters. The molecule has 4 nitrogen and oxygen atoms in total. The Balaban J connectivity index is 1.99. The van der Waals surface area contributed by atoms with Gasteiger partial charge in [-0.15, -0.1) is 0 Å². The van der Waals surface area contributed by atoms with Gasteiger partial charge in [-0.05, 0) is 36.1 Å². The second kappa shape index (κ2) is 8.20. The third-order valence-electron chi connectivity index (χ3n) is 4.25. The van der Waals surface area contributed by atoms with E-state index in [1.54, 1.807) is 4.57 Å². The molecule has 0 radical (unpaired) electrons. The van der Waals surface area contributed by atoms with E-state index in [1.165, 1.54) is 11.8 Å². The minimum absolute atomic E-state index is 0.00678. The second-order valence-electron chi connectivity index (χ2n) is 6.61. The molecular weight excluding hydrogens is 342 g/mol. The van der Waals surface area contributed by atoms with Crippen LogP contribution in [0.5, 0.6) is 0 Å². The summed E-state index contributed by atoms with van der Waals surface area (Å²) in [5.41, 5.74) is 2.34. The molecule has 1 aromatic heterocycles. The Hall–Kier alpha value is -2.58. The number of thioether (sulfide) groups is 1. The minimum atomic E-state index is 0.00678. The zero-order valence-corrected chi connectivity index (χ0v) is 15.8. The first-order valence-electron chi connectivity index (χ1n) is 8.70. The van der Waals surface area contributed by atoms with Crippen molar-refractivity contribution in [1.29, 1.82) is 5.26 Å². The molecule has 132 valence electrons. The highest BCUT2D eigenvalue weighted by Crippen LogP contribution is 2.24. The fraction of sp³-hybridized carbons (Fsp3) is 0.286. The number of rotatable bonds is 6. The van der Waals surface area contributed by atoms with Gasteiger partial charge in [-0.2, -0.15) is 5.26 Å². The average Bonchev–Trinajstić information content (AvgIpc) is 2.66. The predicted molar refractivity (Wildman–Crippen MR) is 106 cm³/mol. The van der Waals surface area contributed by atoms with Crippen molar-refractivity contribution in [2.45, 2.75) is 37.7 Å². The summed E-state index contributed by atoms with van der Waals surface area (Å²) in [5, 5.41) is 10.6. The maximum absolute atomic E-state index is 13.0. The van der Waals surface area contributed by atoms with Gasteiger partial charge in [-0.25, -0.2) is 4.98 Å². The van der Waals surface area contributed by atoms with Crippen LogP contribution in [0.1, 0.15) is 31.4 Å². The van der Waals surface area contributed by atoms with Gasteiger partial charge in [0.25, 0.3) is 5.56 Å². The largest absolute Gasteiger partial charge is 0.287 e. The lowest BCUT2D eigenvalue weighted by atomic mass is 10.1. The van der Waals surface area contributed by atoms with Crippen molar-refractivity contribution in [3.63, 3.8) is 0 Å². The number of hydrogen-bond donors (Lipinski definition) is 0. The highest BCUT2D eigenvalue weighted by atomic mass is 32.2. The van der Waals surface area contributed by atoms with Crippen LogP contribution < -0.4 is 5.56 Å². The van der Waals surface area contributed by atoms with Crippen molar-refractivity contribution in [1.82, 2.24) is 9.55 Å². The summed E-state index contributed by atoms with van der Waals surface area (Å²) in [6.45, 7) is 4.95. The molecule has 0 saturated carbocycles. The lowest BCUT2D eigenvalue weighted by Gasteiger charge is -2.14. The van der Waals surface area contributed by atoms with Crippen LogP contribution in [-0.4, -0.2) is 9.55 Å². The van der Waals surface area contributed by atoms with Crippen LogP contribution in [0.3, 0.4) is 0 Å². The predicted octanol–water partition coefficient (Wildman–Crippen LogP) is 4.61. The Morgan fingerprint density at radius 1 is 1.15 bits per heavy atom. The molecule has 3 aromatic rings. The zero-order valence-electron chi connectivity index (χ0n) is 15.0. The van der Waals surface area contributed by atoms with Gasteiger partial charge >= 0.3 is 0 Å². The Bertz CT molecular complexity index is 1020. The van der Waals surface area contributed by atoms with E-state index in [2.05, 4.69) is 19.9 Å². The van der Waals surface area contributed by atoms with Crippen molar-refractivity contribution in [3.8, 4) is 6.07 Å². The van der Waals surface area contributed by atoms with Gasteiger partial charge in [-0.3, -0.25) is 9.36 Å². The second-order valence-corrected chi connectivity index (χ2v) is 7.55. The van der Waals surface area contributed by atoms with Crippen molar-refractivity contribution in [3.05, 3.63) is 70.0 Å². The smallest absolute Gasteiger partial charge is 0.262 e. The normalized spacial score (nSPS) is 11.0. The van der Waals surface area contributed by atoms with Crippen molar-refractivity contribution >= 4 is 22.7 Å². The third kappa shape index (κ3) is 3.97. The van der Waals surface area contributed by atoms with E-state index in [9.17, 15) is 10.1 Å². The average molecular weight is 363 g/mol. The van der Waals surface area contributed by atoms with E-state index < -0.39 is 0 Å². The van der Waals surface area contributed by atoms with E-state index in [0.717, 1.165) is 17.5 Å². The van der Waals surface area contributed by atoms with E-state index in [-0.39, 0.29) is 5.56 Å². The number of nitriles is 1. The summed E-state index contributed by atoms with van der Waals surface area (Å²) in [6.07, 6.45) is 0.919. The lowest BCUT2D eigenvalue weighted by Crippen LogP contribution is -2.24. The summed E-state index contributed by atoms with van der Waals surface area (Å²) in [4.78, 5) is 17.7. The lowest BCUT2D eigenvalue weighted by molar-refractivity contribution is 0.481. The maximum Gasteiger partial charge on any atom is 0.262 e. The van der Waals surface area contributed by atoms with Crippen LogP contribution in [0.15, 0.2) is 58.5 Å². The molecule has 0 unspecified atom stereocenters. The molecule has 0 spiro atoms. The Kier molecular flexibility index (Phi) is 5.75. The fourth-order valence-corrected chi connectivity index (χ4v) is 3.77. The molecule has 26 heavy (non-hydrogen) atoms. The molecule has 3 rings (SSSR count). The first-order chi connectivity index (χ1) is 12.6. The Morgan fingerprint density at radius 2 is 1.88 bits per heavy atom. The number of benzene rings is 2. The Labute approximate surface area is 157 Å². The number of fused-ring (bicyclic) bond motifs is 1. The number of para-hydroxylation sites is 1. The highest BCUT2D eigenvalue weighted by Gasteiger charge is 2.13. The molecule has 1 heterocycles. The van der Waals surface area contributed by atoms with Gasteiger partial charge < -0.3 is 0 Å². The van der Waals surface area contributed by atoms with Gasteiger partial charge in [0.2, 0.25) is 0 Å². The molecule has 0 N–H and O–H groups in total. The quantitative estimate of drug-likeness (QED) is 0.474. The van der Waals surface area contributed by atoms with Gasteiger partial charge in [0.15, 0.2) is 5.16 Å². The summed E-state index contributed by atoms with van der Waals surface area (Å²) in [7, 11) is 0. The molecule has 0 aliphatic carbocycles. The summed E-state index contributed by atoms with van der Waals surface area (Å²) >= 11 is 1.51. The summed E-state index contributed by atoms with van der Waals surface area (Å²) in [6, 6.07) is 17.2.